The Labute approximate surface area is 168 Å². The number of hydrogen-bond acceptors (Lipinski definition) is 5. The van der Waals surface area contributed by atoms with Crippen molar-refractivity contribution in [3.8, 4) is 5.75 Å². The Bertz CT molecular complexity index is 1180. The second-order valence-corrected chi connectivity index (χ2v) is 6.30. The number of carbonyl (C=O) groups excluding carboxylic acids is 2. The van der Waals surface area contributed by atoms with Gasteiger partial charge in [0.2, 0.25) is 0 Å². The van der Waals surface area contributed by atoms with Gasteiger partial charge >= 0.3 is 12.1 Å². The van der Waals surface area contributed by atoms with Crippen molar-refractivity contribution in [1.82, 2.24) is 4.98 Å². The molecule has 1 aromatic heterocycles. The Kier molecular flexibility index (Phi) is 5.41. The number of alkyl halides is 3. The standard InChI is InChI=1S/C20H15F3N4O3/c1-10-3-2-4-15(26-10)27-18(28)14-8-5-11-9-12(17(24)25)6-7-13(11)16(14)30-19(29)20(21,22)23/h2-9H,1H3,(H3,24,25)(H,26,27,28). The van der Waals surface area contributed by atoms with Crippen molar-refractivity contribution in [3.63, 3.8) is 0 Å². The lowest BCUT2D eigenvalue weighted by molar-refractivity contribution is -0.189. The number of nitrogens with two attached hydrogens (primary N) is 1. The Morgan fingerprint density at radius 2 is 1.87 bits per heavy atom. The van der Waals surface area contributed by atoms with Gasteiger partial charge in [-0.05, 0) is 42.6 Å². The molecule has 3 aromatic rings. The van der Waals surface area contributed by atoms with E-state index in [1.807, 2.05) is 0 Å². The van der Waals surface area contributed by atoms with Crippen molar-refractivity contribution in [1.29, 1.82) is 5.41 Å². The first-order valence-electron chi connectivity index (χ1n) is 8.51. The van der Waals surface area contributed by atoms with Crippen LogP contribution >= 0.6 is 0 Å². The maximum Gasteiger partial charge on any atom is 0.491 e. The van der Waals surface area contributed by atoms with Gasteiger partial charge in [-0.3, -0.25) is 10.2 Å². The monoisotopic (exact) mass is 416 g/mol. The highest BCUT2D eigenvalue weighted by atomic mass is 19.4. The summed E-state index contributed by atoms with van der Waals surface area (Å²) in [6.45, 7) is 1.70. The van der Waals surface area contributed by atoms with Gasteiger partial charge in [-0.25, -0.2) is 9.78 Å². The number of nitrogens with zero attached hydrogens (tertiary/aromatic N) is 1. The number of ether oxygens (including phenoxy) is 1. The van der Waals surface area contributed by atoms with Crippen molar-refractivity contribution in [2.75, 3.05) is 5.32 Å². The molecule has 2 aromatic carbocycles. The predicted octanol–water partition coefficient (Wildman–Crippen LogP) is 3.55. The summed E-state index contributed by atoms with van der Waals surface area (Å²) in [5, 5.41) is 10.4. The molecular formula is C20H15F3N4O3. The third-order valence-electron chi connectivity index (χ3n) is 4.08. The van der Waals surface area contributed by atoms with E-state index in [1.54, 1.807) is 19.1 Å². The first-order valence-corrected chi connectivity index (χ1v) is 8.51. The number of halogens is 3. The molecule has 0 unspecified atom stereocenters. The molecule has 10 heteroatoms. The maximum absolute atomic E-state index is 12.8. The van der Waals surface area contributed by atoms with Gasteiger partial charge in [-0.1, -0.05) is 18.2 Å². The fourth-order valence-corrected chi connectivity index (χ4v) is 2.70. The topological polar surface area (TPSA) is 118 Å². The summed E-state index contributed by atoms with van der Waals surface area (Å²) in [5.41, 5.74) is 6.08. The summed E-state index contributed by atoms with van der Waals surface area (Å²) >= 11 is 0. The molecule has 4 N–H and O–H groups in total. The summed E-state index contributed by atoms with van der Waals surface area (Å²) < 4.78 is 43.0. The molecule has 0 saturated carbocycles. The maximum atomic E-state index is 12.8. The molecule has 1 heterocycles. The molecule has 0 fully saturated rings. The van der Waals surface area contributed by atoms with Gasteiger partial charge in [-0.2, -0.15) is 13.2 Å². The van der Waals surface area contributed by atoms with Crippen molar-refractivity contribution in [2.45, 2.75) is 13.1 Å². The van der Waals surface area contributed by atoms with Gasteiger partial charge in [0.05, 0.1) is 5.56 Å². The number of nitrogen functional groups attached to an aromatic ring is 1. The summed E-state index contributed by atoms with van der Waals surface area (Å²) in [5.74, 6) is -3.91. The number of anilines is 1. The number of rotatable bonds is 4. The number of nitrogens with one attached hydrogen (secondary N) is 2. The van der Waals surface area contributed by atoms with Gasteiger partial charge in [0.15, 0.2) is 5.75 Å². The average molecular weight is 416 g/mol. The van der Waals surface area contributed by atoms with E-state index in [0.717, 1.165) is 0 Å². The molecule has 30 heavy (non-hydrogen) atoms. The van der Waals surface area contributed by atoms with Gasteiger partial charge in [0, 0.05) is 16.6 Å². The van der Waals surface area contributed by atoms with Crippen molar-refractivity contribution >= 4 is 34.3 Å². The van der Waals surface area contributed by atoms with Crippen molar-refractivity contribution in [3.05, 3.63) is 65.4 Å². The highest BCUT2D eigenvalue weighted by molar-refractivity contribution is 6.11. The zero-order valence-electron chi connectivity index (χ0n) is 15.5. The summed E-state index contributed by atoms with van der Waals surface area (Å²) in [6, 6.07) is 11.7. The third kappa shape index (κ3) is 4.37. The van der Waals surface area contributed by atoms with Crippen molar-refractivity contribution in [2.24, 2.45) is 5.73 Å². The Morgan fingerprint density at radius 1 is 1.13 bits per heavy atom. The quantitative estimate of drug-likeness (QED) is 0.260. The van der Waals surface area contributed by atoms with Crippen molar-refractivity contribution < 1.29 is 27.5 Å². The number of amides is 1. The lowest BCUT2D eigenvalue weighted by Gasteiger charge is -2.15. The number of pyridine rings is 1. The van der Waals surface area contributed by atoms with E-state index in [0.29, 0.717) is 16.6 Å². The molecule has 0 atom stereocenters. The summed E-state index contributed by atoms with van der Waals surface area (Å²) in [7, 11) is 0. The number of fused-ring (bicyclic) bond motifs is 1. The minimum atomic E-state index is -5.26. The second-order valence-electron chi connectivity index (χ2n) is 6.30. The lowest BCUT2D eigenvalue weighted by Crippen LogP contribution is -2.29. The van der Waals surface area contributed by atoms with E-state index in [4.69, 9.17) is 11.1 Å². The van der Waals surface area contributed by atoms with Crippen LogP contribution in [-0.4, -0.2) is 28.9 Å². The molecule has 0 bridgehead atoms. The zero-order valence-corrected chi connectivity index (χ0v) is 15.5. The summed E-state index contributed by atoms with van der Waals surface area (Å²) in [4.78, 5) is 28.3. The van der Waals surface area contributed by atoms with Crippen LogP contribution < -0.4 is 15.8 Å². The van der Waals surface area contributed by atoms with E-state index in [2.05, 4.69) is 15.0 Å². The third-order valence-corrected chi connectivity index (χ3v) is 4.08. The fourth-order valence-electron chi connectivity index (χ4n) is 2.70. The van der Waals surface area contributed by atoms with Gasteiger partial charge in [0.25, 0.3) is 5.91 Å². The molecule has 0 aliphatic heterocycles. The number of carbonyl (C=O) groups is 2. The zero-order chi connectivity index (χ0) is 22.1. The van der Waals surface area contributed by atoms with Crippen LogP contribution in [0, 0.1) is 12.3 Å². The van der Waals surface area contributed by atoms with Crippen LogP contribution in [0.5, 0.6) is 5.75 Å². The van der Waals surface area contributed by atoms with Crippen LogP contribution in [0.2, 0.25) is 0 Å². The average Bonchev–Trinajstić information content (AvgIpc) is 2.66. The number of aromatic nitrogens is 1. The SMILES string of the molecule is Cc1cccc(NC(=O)c2ccc3cc(C(=N)N)ccc3c2OC(=O)C(F)(F)F)n1. The molecule has 0 aliphatic carbocycles. The highest BCUT2D eigenvalue weighted by Gasteiger charge is 2.42. The molecule has 7 nitrogen and oxygen atoms in total. The van der Waals surface area contributed by atoms with Crippen LogP contribution in [-0.2, 0) is 4.79 Å². The van der Waals surface area contributed by atoms with E-state index in [-0.39, 0.29) is 22.6 Å². The lowest BCUT2D eigenvalue weighted by atomic mass is 10.0. The number of hydrogen-bond donors (Lipinski definition) is 3. The van der Waals surface area contributed by atoms with E-state index < -0.39 is 23.8 Å². The van der Waals surface area contributed by atoms with Crippen LogP contribution in [0.4, 0.5) is 19.0 Å². The molecule has 1 amide bonds. The van der Waals surface area contributed by atoms with Gasteiger partial charge in [-0.15, -0.1) is 0 Å². The summed E-state index contributed by atoms with van der Waals surface area (Å²) in [6.07, 6.45) is -5.26. The predicted molar refractivity (Wildman–Crippen MR) is 104 cm³/mol. The number of benzene rings is 2. The van der Waals surface area contributed by atoms with Crippen LogP contribution in [0.1, 0.15) is 21.6 Å². The van der Waals surface area contributed by atoms with Crippen LogP contribution in [0.25, 0.3) is 10.8 Å². The molecule has 3 rings (SSSR count). The first kappa shape index (κ1) is 20.8. The number of aryl methyl sites for hydroxylation is 1. The van der Waals surface area contributed by atoms with Gasteiger partial charge < -0.3 is 15.8 Å². The smallest absolute Gasteiger partial charge is 0.418 e. The molecular weight excluding hydrogens is 401 g/mol. The Morgan fingerprint density at radius 3 is 2.50 bits per heavy atom. The molecule has 0 saturated heterocycles. The van der Waals surface area contributed by atoms with E-state index in [9.17, 15) is 22.8 Å². The Balaban J connectivity index is 2.10. The number of esters is 1. The van der Waals surface area contributed by atoms with Crippen LogP contribution in [0.3, 0.4) is 0 Å². The second kappa shape index (κ2) is 7.82. The van der Waals surface area contributed by atoms with Gasteiger partial charge in [0.1, 0.15) is 11.7 Å². The number of amidine groups is 1. The Hall–Kier alpha value is -3.95. The fraction of sp³-hybridized carbons (Fsp3) is 0.100. The minimum Gasteiger partial charge on any atom is -0.418 e. The largest absolute Gasteiger partial charge is 0.491 e. The van der Waals surface area contributed by atoms with Crippen LogP contribution in [0.15, 0.2) is 48.5 Å². The van der Waals surface area contributed by atoms with E-state index in [1.165, 1.54) is 36.4 Å². The van der Waals surface area contributed by atoms with E-state index >= 15 is 0 Å². The molecule has 0 radical (unpaired) electrons. The molecule has 0 spiro atoms. The molecule has 0 aliphatic rings. The normalized spacial score (nSPS) is 11.2. The highest BCUT2D eigenvalue weighted by Crippen LogP contribution is 2.33. The minimum absolute atomic E-state index is 0.0717. The molecule has 154 valence electrons. The first-order chi connectivity index (χ1) is 14.1.